The zero-order valence-corrected chi connectivity index (χ0v) is 8.70. The van der Waals surface area contributed by atoms with E-state index in [1.165, 1.54) is 0 Å². The molecule has 0 rings (SSSR count). The van der Waals surface area contributed by atoms with Crippen molar-refractivity contribution in [2.45, 2.75) is 12.1 Å². The predicted octanol–water partition coefficient (Wildman–Crippen LogP) is 1.45. The van der Waals surface area contributed by atoms with Crippen LogP contribution in [0.5, 0.6) is 0 Å². The van der Waals surface area contributed by atoms with Crippen LogP contribution in [0.1, 0.15) is 0 Å². The van der Waals surface area contributed by atoms with Crippen molar-refractivity contribution in [3.8, 4) is 0 Å². The van der Waals surface area contributed by atoms with Crippen molar-refractivity contribution in [1.29, 1.82) is 0 Å². The molecule has 0 bridgehead atoms. The smallest absolute Gasteiger partial charge is 0.333 e. The minimum Gasteiger partial charge on any atom is -0.333 e. The monoisotopic (exact) mass is 267 g/mol. The number of halogens is 6. The summed E-state index contributed by atoms with van der Waals surface area (Å²) < 4.78 is 60.2. The van der Waals surface area contributed by atoms with Crippen LogP contribution in [0.15, 0.2) is 0 Å². The third kappa shape index (κ3) is 3.29. The molecule has 9 heteroatoms. The van der Waals surface area contributed by atoms with Gasteiger partial charge in [-0.05, 0) is 0 Å². The molecule has 94 valence electrons. The summed E-state index contributed by atoms with van der Waals surface area (Å²) in [6.07, 6.45) is -5.98. The normalized spacial score (nSPS) is 12.4. The summed E-state index contributed by atoms with van der Waals surface area (Å²) in [6, 6.07) is 0. The second-order valence-electron chi connectivity index (χ2n) is 2.91. The Labute approximate surface area is 92.1 Å². The fraction of sp³-hybridized carbons (Fsp3) is 0.714. The minimum absolute atomic E-state index is 0.0157. The molecule has 0 saturated carbocycles. The van der Waals surface area contributed by atoms with Crippen LogP contribution in [-0.4, -0.2) is 48.2 Å². The lowest BCUT2D eigenvalue weighted by atomic mass is 10.2. The van der Waals surface area contributed by atoms with Crippen LogP contribution in [-0.2, 0) is 9.59 Å². The largest absolute Gasteiger partial charge is 0.463 e. The van der Waals surface area contributed by atoms with E-state index < -0.39 is 36.2 Å². The van der Waals surface area contributed by atoms with Crippen LogP contribution < -0.4 is 0 Å². The Kier molecular flexibility index (Phi) is 4.66. The van der Waals surface area contributed by atoms with Crippen LogP contribution in [0, 0.1) is 0 Å². The Morgan fingerprint density at radius 2 is 1.62 bits per heavy atom. The average Bonchev–Trinajstić information content (AvgIpc) is 2.14. The molecule has 0 spiro atoms. The molecule has 0 aliphatic heterocycles. The number of likely N-dealkylation sites (N-methyl/N-ethyl adjacent to an activating group) is 1. The van der Waals surface area contributed by atoms with E-state index in [0.717, 1.165) is 0 Å². The van der Waals surface area contributed by atoms with Gasteiger partial charge in [-0.3, -0.25) is 9.59 Å². The summed E-state index contributed by atoms with van der Waals surface area (Å²) in [4.78, 5) is 21.4. The molecule has 0 unspecified atom stereocenters. The van der Waals surface area contributed by atoms with Crippen molar-refractivity contribution in [2.75, 3.05) is 19.5 Å². The molecule has 0 N–H and O–H groups in total. The lowest BCUT2D eigenvalue weighted by Crippen LogP contribution is -2.52. The lowest BCUT2D eigenvalue weighted by Gasteiger charge is -2.24. The van der Waals surface area contributed by atoms with Crippen molar-refractivity contribution < 1.29 is 31.5 Å². The van der Waals surface area contributed by atoms with E-state index in [2.05, 4.69) is 0 Å². The van der Waals surface area contributed by atoms with E-state index in [-0.39, 0.29) is 4.90 Å². The van der Waals surface area contributed by atoms with Crippen molar-refractivity contribution in [1.82, 2.24) is 4.90 Å². The van der Waals surface area contributed by atoms with Crippen molar-refractivity contribution in [3.05, 3.63) is 0 Å². The molecule has 0 aliphatic carbocycles. The fourth-order valence-corrected chi connectivity index (χ4v) is 0.824. The first-order chi connectivity index (χ1) is 7.04. The third-order valence-corrected chi connectivity index (χ3v) is 1.83. The number of alkyl halides is 6. The highest BCUT2D eigenvalue weighted by molar-refractivity contribution is 6.28. The number of amides is 1. The standard InChI is InChI=1S/C7H7ClF5NO2/c1-14(3-4(15)2-8)5(16)6(9,10)7(11,12)13/h2-3H2,1H3. The molecule has 0 atom stereocenters. The van der Waals surface area contributed by atoms with Crippen molar-refractivity contribution >= 4 is 23.3 Å². The molecular weight excluding hydrogens is 261 g/mol. The highest BCUT2D eigenvalue weighted by Crippen LogP contribution is 2.36. The van der Waals surface area contributed by atoms with Gasteiger partial charge in [-0.25, -0.2) is 0 Å². The molecule has 16 heavy (non-hydrogen) atoms. The number of rotatable bonds is 4. The first-order valence-electron chi connectivity index (χ1n) is 3.81. The molecule has 0 aromatic heterocycles. The third-order valence-electron chi connectivity index (χ3n) is 1.53. The van der Waals surface area contributed by atoms with E-state index in [1.54, 1.807) is 0 Å². The van der Waals surface area contributed by atoms with Gasteiger partial charge in [0.05, 0.1) is 12.4 Å². The highest BCUT2D eigenvalue weighted by Gasteiger charge is 2.64. The molecule has 0 fully saturated rings. The Morgan fingerprint density at radius 3 is 1.94 bits per heavy atom. The first kappa shape index (κ1) is 15.1. The van der Waals surface area contributed by atoms with E-state index in [0.29, 0.717) is 7.05 Å². The zero-order chi connectivity index (χ0) is 13.1. The van der Waals surface area contributed by atoms with Gasteiger partial charge in [-0.2, -0.15) is 22.0 Å². The van der Waals surface area contributed by atoms with Gasteiger partial charge in [0, 0.05) is 7.05 Å². The Balaban J connectivity index is 4.74. The number of nitrogens with zero attached hydrogens (tertiary/aromatic N) is 1. The summed E-state index contributed by atoms with van der Waals surface area (Å²) in [5.74, 6) is -9.40. The lowest BCUT2D eigenvalue weighted by molar-refractivity contribution is -0.273. The number of Topliss-reactive ketones (excluding diaryl/α,β-unsaturated/α-hetero) is 1. The van der Waals surface area contributed by atoms with Gasteiger partial charge in [0.1, 0.15) is 0 Å². The number of hydrogen-bond acceptors (Lipinski definition) is 2. The summed E-state index contributed by atoms with van der Waals surface area (Å²) in [5, 5.41) is 0. The van der Waals surface area contributed by atoms with Gasteiger partial charge < -0.3 is 4.90 Å². The maximum Gasteiger partial charge on any atom is 0.463 e. The van der Waals surface area contributed by atoms with Gasteiger partial charge in [0.15, 0.2) is 5.78 Å². The minimum atomic E-state index is -5.98. The van der Waals surface area contributed by atoms with Crippen LogP contribution in [0.3, 0.4) is 0 Å². The van der Waals surface area contributed by atoms with Gasteiger partial charge in [0.25, 0.3) is 0 Å². The van der Waals surface area contributed by atoms with Gasteiger partial charge >= 0.3 is 18.0 Å². The molecule has 0 aromatic rings. The molecular formula is C7H7ClF5NO2. The number of hydrogen-bond donors (Lipinski definition) is 0. The van der Waals surface area contributed by atoms with E-state index in [9.17, 15) is 31.5 Å². The summed E-state index contributed by atoms with van der Waals surface area (Å²) >= 11 is 5.01. The molecule has 0 saturated heterocycles. The Hall–Kier alpha value is -0.920. The van der Waals surface area contributed by atoms with E-state index >= 15 is 0 Å². The summed E-state index contributed by atoms with van der Waals surface area (Å²) in [7, 11) is 0.659. The molecule has 0 aliphatic rings. The molecule has 3 nitrogen and oxygen atoms in total. The first-order valence-corrected chi connectivity index (χ1v) is 4.35. The molecule has 0 radical (unpaired) electrons. The quantitative estimate of drug-likeness (QED) is 0.571. The second kappa shape index (κ2) is 4.94. The van der Waals surface area contributed by atoms with Crippen molar-refractivity contribution in [2.24, 2.45) is 0 Å². The Morgan fingerprint density at radius 1 is 1.19 bits per heavy atom. The topological polar surface area (TPSA) is 37.4 Å². The number of carbonyl (C=O) groups excluding carboxylic acids is 2. The summed E-state index contributed by atoms with van der Waals surface area (Å²) in [5.41, 5.74) is 0. The fourth-order valence-electron chi connectivity index (χ4n) is 0.740. The predicted molar refractivity (Wildman–Crippen MR) is 44.4 cm³/mol. The SMILES string of the molecule is CN(CC(=O)CCl)C(=O)C(F)(F)C(F)(F)F. The highest BCUT2D eigenvalue weighted by atomic mass is 35.5. The Bertz CT molecular complexity index is 291. The van der Waals surface area contributed by atoms with E-state index in [4.69, 9.17) is 11.6 Å². The van der Waals surface area contributed by atoms with E-state index in [1.807, 2.05) is 0 Å². The van der Waals surface area contributed by atoms with Gasteiger partial charge in [-0.1, -0.05) is 0 Å². The van der Waals surface area contributed by atoms with Crippen LogP contribution in [0.4, 0.5) is 22.0 Å². The van der Waals surface area contributed by atoms with Crippen LogP contribution >= 0.6 is 11.6 Å². The maximum atomic E-state index is 12.5. The molecule has 0 heterocycles. The zero-order valence-electron chi connectivity index (χ0n) is 7.95. The second-order valence-corrected chi connectivity index (χ2v) is 3.17. The van der Waals surface area contributed by atoms with Gasteiger partial charge in [-0.15, -0.1) is 11.6 Å². The molecule has 1 amide bonds. The number of carbonyl (C=O) groups is 2. The van der Waals surface area contributed by atoms with Crippen LogP contribution in [0.25, 0.3) is 0 Å². The maximum absolute atomic E-state index is 12.5. The van der Waals surface area contributed by atoms with Gasteiger partial charge in [0.2, 0.25) is 0 Å². The molecule has 0 aromatic carbocycles. The van der Waals surface area contributed by atoms with Crippen LogP contribution in [0.2, 0.25) is 0 Å². The summed E-state index contributed by atoms with van der Waals surface area (Å²) in [6.45, 7) is -0.895. The number of ketones is 1. The van der Waals surface area contributed by atoms with Crippen molar-refractivity contribution in [3.63, 3.8) is 0 Å². The average molecular weight is 268 g/mol.